The van der Waals surface area contributed by atoms with Gasteiger partial charge in [-0.25, -0.2) is 4.98 Å². The predicted molar refractivity (Wildman–Crippen MR) is 61.1 cm³/mol. The number of nitrogens with one attached hydrogen (secondary N) is 1. The third kappa shape index (κ3) is 4.22. The Hall–Kier alpha value is -1.30. The fourth-order valence-corrected chi connectivity index (χ4v) is 1.67. The minimum atomic E-state index is -4.22. The average Bonchev–Trinajstić information content (AvgIpc) is 2.15. The summed E-state index contributed by atoms with van der Waals surface area (Å²) in [5, 5.41) is 2.96. The second-order valence-electron chi connectivity index (χ2n) is 3.99. The molecule has 17 heavy (non-hydrogen) atoms. The van der Waals surface area contributed by atoms with E-state index in [0.29, 0.717) is 12.4 Å². The second-order valence-corrected chi connectivity index (χ2v) is 3.99. The molecule has 0 atom stereocenters. The van der Waals surface area contributed by atoms with Gasteiger partial charge in [-0.1, -0.05) is 0 Å². The lowest BCUT2D eigenvalue weighted by Crippen LogP contribution is -2.32. The van der Waals surface area contributed by atoms with Crippen molar-refractivity contribution in [1.82, 2.24) is 10.3 Å². The van der Waals surface area contributed by atoms with Crippen molar-refractivity contribution in [3.63, 3.8) is 0 Å². The zero-order chi connectivity index (χ0) is 13.1. The van der Waals surface area contributed by atoms with Gasteiger partial charge < -0.3 is 10.2 Å². The Kier molecular flexibility index (Phi) is 4.34. The maximum atomic E-state index is 12.2. The molecule has 0 saturated heterocycles. The molecule has 1 N–H and O–H groups in total. The van der Waals surface area contributed by atoms with Gasteiger partial charge in [0.1, 0.15) is 12.4 Å². The Labute approximate surface area is 98.6 Å². The molecule has 1 aromatic rings. The van der Waals surface area contributed by atoms with E-state index in [1.807, 2.05) is 6.07 Å². The number of anilines is 1. The Morgan fingerprint density at radius 3 is 2.53 bits per heavy atom. The molecule has 0 amide bonds. The van der Waals surface area contributed by atoms with Crippen molar-refractivity contribution >= 4 is 5.82 Å². The van der Waals surface area contributed by atoms with Gasteiger partial charge in [-0.2, -0.15) is 13.2 Å². The van der Waals surface area contributed by atoms with Crippen LogP contribution in [-0.4, -0.2) is 31.8 Å². The molecule has 0 aliphatic rings. The molecule has 0 aliphatic heterocycles. The topological polar surface area (TPSA) is 28.2 Å². The molecule has 96 valence electrons. The van der Waals surface area contributed by atoms with E-state index >= 15 is 0 Å². The first-order valence-electron chi connectivity index (χ1n) is 5.21. The highest BCUT2D eigenvalue weighted by molar-refractivity contribution is 5.46. The summed E-state index contributed by atoms with van der Waals surface area (Å²) in [4.78, 5) is 5.18. The number of rotatable bonds is 4. The second kappa shape index (κ2) is 5.35. The summed E-state index contributed by atoms with van der Waals surface area (Å²) in [6.07, 6.45) is -2.63. The van der Waals surface area contributed by atoms with Crippen molar-refractivity contribution in [2.45, 2.75) is 19.6 Å². The van der Waals surface area contributed by atoms with E-state index in [-0.39, 0.29) is 0 Å². The Morgan fingerprint density at radius 1 is 1.41 bits per heavy atom. The molecule has 0 aromatic carbocycles. The first kappa shape index (κ1) is 13.8. The number of aryl methyl sites for hydroxylation is 1. The summed E-state index contributed by atoms with van der Waals surface area (Å²) in [5.74, 6) is 0.363. The first-order chi connectivity index (χ1) is 7.83. The fraction of sp³-hybridized carbons (Fsp3) is 0.545. The number of hydrogen-bond acceptors (Lipinski definition) is 3. The van der Waals surface area contributed by atoms with E-state index in [2.05, 4.69) is 10.3 Å². The largest absolute Gasteiger partial charge is 0.405 e. The van der Waals surface area contributed by atoms with E-state index in [1.165, 1.54) is 7.05 Å². The Morgan fingerprint density at radius 2 is 2.06 bits per heavy atom. The molecule has 1 heterocycles. The monoisotopic (exact) mass is 247 g/mol. The van der Waals surface area contributed by atoms with E-state index in [9.17, 15) is 13.2 Å². The molecule has 0 bridgehead atoms. The van der Waals surface area contributed by atoms with Crippen LogP contribution in [0.2, 0.25) is 0 Å². The van der Waals surface area contributed by atoms with Gasteiger partial charge in [0.15, 0.2) is 0 Å². The first-order valence-corrected chi connectivity index (χ1v) is 5.21. The minimum Gasteiger partial charge on any atom is -0.350 e. The number of hydrogen-bond donors (Lipinski definition) is 1. The van der Waals surface area contributed by atoms with Crippen LogP contribution in [0, 0.1) is 6.92 Å². The van der Waals surface area contributed by atoms with Crippen LogP contribution >= 0.6 is 0 Å². The number of halogens is 3. The summed E-state index contributed by atoms with van der Waals surface area (Å²) in [7, 11) is 3.19. The lowest BCUT2D eigenvalue weighted by Gasteiger charge is -2.21. The zero-order valence-corrected chi connectivity index (χ0v) is 10.1. The smallest absolute Gasteiger partial charge is 0.350 e. The van der Waals surface area contributed by atoms with Crippen molar-refractivity contribution in [2.24, 2.45) is 0 Å². The molecule has 0 unspecified atom stereocenters. The lowest BCUT2D eigenvalue weighted by atomic mass is 10.2. The SMILES string of the molecule is CNCc1cnc(N(C)CC(F)(F)F)c(C)c1. The van der Waals surface area contributed by atoms with Gasteiger partial charge in [0.2, 0.25) is 0 Å². The molecule has 3 nitrogen and oxygen atoms in total. The summed E-state index contributed by atoms with van der Waals surface area (Å²) < 4.78 is 36.7. The summed E-state index contributed by atoms with van der Waals surface area (Å²) in [5.41, 5.74) is 1.69. The third-order valence-electron chi connectivity index (χ3n) is 2.27. The Bertz CT molecular complexity index is 377. The third-order valence-corrected chi connectivity index (χ3v) is 2.27. The highest BCUT2D eigenvalue weighted by Gasteiger charge is 2.30. The summed E-state index contributed by atoms with van der Waals surface area (Å²) in [6.45, 7) is 1.41. The summed E-state index contributed by atoms with van der Waals surface area (Å²) >= 11 is 0. The average molecular weight is 247 g/mol. The lowest BCUT2D eigenvalue weighted by molar-refractivity contribution is -0.119. The number of pyridine rings is 1. The number of nitrogens with zero attached hydrogens (tertiary/aromatic N) is 2. The summed E-state index contributed by atoms with van der Waals surface area (Å²) in [6, 6.07) is 1.84. The van der Waals surface area contributed by atoms with E-state index in [0.717, 1.165) is 16.0 Å². The van der Waals surface area contributed by atoms with Crippen molar-refractivity contribution < 1.29 is 13.2 Å². The van der Waals surface area contributed by atoms with Gasteiger partial charge in [0.05, 0.1) is 0 Å². The molecule has 0 spiro atoms. The number of alkyl halides is 3. The number of aromatic nitrogens is 1. The molecular weight excluding hydrogens is 231 g/mol. The van der Waals surface area contributed by atoms with Gasteiger partial charge in [0.25, 0.3) is 0 Å². The van der Waals surface area contributed by atoms with Crippen LogP contribution in [0.5, 0.6) is 0 Å². The van der Waals surface area contributed by atoms with Crippen LogP contribution in [-0.2, 0) is 6.54 Å². The highest BCUT2D eigenvalue weighted by atomic mass is 19.4. The maximum Gasteiger partial charge on any atom is 0.405 e. The van der Waals surface area contributed by atoms with Gasteiger partial charge >= 0.3 is 6.18 Å². The van der Waals surface area contributed by atoms with E-state index in [1.54, 1.807) is 20.2 Å². The quantitative estimate of drug-likeness (QED) is 0.883. The molecule has 0 saturated carbocycles. The normalized spacial score (nSPS) is 11.6. The fourth-order valence-electron chi connectivity index (χ4n) is 1.67. The molecule has 0 aliphatic carbocycles. The van der Waals surface area contributed by atoms with Gasteiger partial charge in [-0.05, 0) is 31.2 Å². The van der Waals surface area contributed by atoms with Gasteiger partial charge in [0, 0.05) is 19.8 Å². The molecule has 0 fully saturated rings. The van der Waals surface area contributed by atoms with E-state index in [4.69, 9.17) is 0 Å². The van der Waals surface area contributed by atoms with Gasteiger partial charge in [-0.3, -0.25) is 0 Å². The highest BCUT2D eigenvalue weighted by Crippen LogP contribution is 2.22. The molecule has 1 aromatic heterocycles. The molecular formula is C11H16F3N3. The van der Waals surface area contributed by atoms with Crippen molar-refractivity contribution in [3.8, 4) is 0 Å². The van der Waals surface area contributed by atoms with Gasteiger partial charge in [-0.15, -0.1) is 0 Å². The maximum absolute atomic E-state index is 12.2. The van der Waals surface area contributed by atoms with Crippen LogP contribution in [0.3, 0.4) is 0 Å². The van der Waals surface area contributed by atoms with Crippen LogP contribution in [0.25, 0.3) is 0 Å². The minimum absolute atomic E-state index is 0.363. The standard InChI is InChI=1S/C11H16F3N3/c1-8-4-9(5-15-2)6-16-10(8)17(3)7-11(12,13)14/h4,6,15H,5,7H2,1-3H3. The zero-order valence-electron chi connectivity index (χ0n) is 10.1. The van der Waals surface area contributed by atoms with Crippen molar-refractivity contribution in [2.75, 3.05) is 25.5 Å². The van der Waals surface area contributed by atoms with Crippen LogP contribution in [0.4, 0.5) is 19.0 Å². The van der Waals surface area contributed by atoms with Crippen molar-refractivity contribution in [1.29, 1.82) is 0 Å². The Balaban J connectivity index is 2.84. The van der Waals surface area contributed by atoms with Crippen LogP contribution in [0.1, 0.15) is 11.1 Å². The van der Waals surface area contributed by atoms with Crippen LogP contribution in [0.15, 0.2) is 12.3 Å². The van der Waals surface area contributed by atoms with Crippen molar-refractivity contribution in [3.05, 3.63) is 23.4 Å². The van der Waals surface area contributed by atoms with E-state index < -0.39 is 12.7 Å². The molecule has 6 heteroatoms. The predicted octanol–water partition coefficient (Wildman–Crippen LogP) is 2.11. The molecule has 0 radical (unpaired) electrons. The van der Waals surface area contributed by atoms with Crippen LogP contribution < -0.4 is 10.2 Å². The molecule has 1 rings (SSSR count).